The molecule has 0 aromatic rings. The van der Waals surface area contributed by atoms with Gasteiger partial charge in [0.1, 0.15) is 12.3 Å². The molecule has 0 aliphatic carbocycles. The molecule has 0 spiro atoms. The highest BCUT2D eigenvalue weighted by molar-refractivity contribution is 6.01. The second-order valence-corrected chi connectivity index (χ2v) is 4.51. The highest BCUT2D eigenvalue weighted by Gasteiger charge is 2.59. The number of aliphatic hydroxyl groups is 3. The molecule has 3 aliphatic heterocycles. The van der Waals surface area contributed by atoms with Crippen LogP contribution in [0.5, 0.6) is 0 Å². The number of rotatable bonds is 0. The maximum atomic E-state index is 11.7. The number of carbonyl (C=O) groups is 2. The molecule has 18 heavy (non-hydrogen) atoms. The predicted molar refractivity (Wildman–Crippen MR) is 51.6 cm³/mol. The number of carbonyl (C=O) groups excluding carboxylic acids is 2. The van der Waals surface area contributed by atoms with Crippen LogP contribution >= 0.6 is 0 Å². The molecule has 100 valence electrons. The second kappa shape index (κ2) is 3.62. The van der Waals surface area contributed by atoms with Crippen molar-refractivity contribution in [1.29, 1.82) is 0 Å². The van der Waals surface area contributed by atoms with Gasteiger partial charge < -0.3 is 24.8 Å². The lowest BCUT2D eigenvalue weighted by atomic mass is 10.1. The average molecular weight is 260 g/mol. The third-order valence-electron chi connectivity index (χ3n) is 3.32. The summed E-state index contributed by atoms with van der Waals surface area (Å²) < 4.78 is 10.5. The lowest BCUT2D eigenvalue weighted by Crippen LogP contribution is -2.72. The van der Waals surface area contributed by atoms with Gasteiger partial charge in [-0.25, -0.2) is 4.79 Å². The van der Waals surface area contributed by atoms with Crippen LogP contribution in [-0.2, 0) is 14.3 Å². The summed E-state index contributed by atoms with van der Waals surface area (Å²) in [4.78, 5) is 23.9. The minimum absolute atomic E-state index is 0.127. The number of urea groups is 1. The molecule has 3 aliphatic rings. The first-order chi connectivity index (χ1) is 8.41. The van der Waals surface area contributed by atoms with Crippen molar-refractivity contribution < 1.29 is 34.4 Å². The van der Waals surface area contributed by atoms with Crippen LogP contribution < -0.4 is 5.32 Å². The zero-order valence-corrected chi connectivity index (χ0v) is 9.15. The summed E-state index contributed by atoms with van der Waals surface area (Å²) in [6, 6.07) is -0.844. The topological polar surface area (TPSA) is 129 Å². The van der Waals surface area contributed by atoms with Crippen LogP contribution in [0.1, 0.15) is 6.42 Å². The second-order valence-electron chi connectivity index (χ2n) is 4.51. The number of nitrogens with zero attached hydrogens (tertiary/aromatic N) is 1. The van der Waals surface area contributed by atoms with Crippen LogP contribution in [0.25, 0.3) is 0 Å². The van der Waals surface area contributed by atoms with Crippen molar-refractivity contribution in [3.8, 4) is 0 Å². The van der Waals surface area contributed by atoms with E-state index in [-0.39, 0.29) is 13.0 Å². The molecule has 2 bridgehead atoms. The van der Waals surface area contributed by atoms with Crippen molar-refractivity contribution >= 4 is 11.9 Å². The van der Waals surface area contributed by atoms with E-state index in [1.165, 1.54) is 0 Å². The Kier molecular flexibility index (Phi) is 2.37. The van der Waals surface area contributed by atoms with Gasteiger partial charge in [-0.3, -0.25) is 15.0 Å². The summed E-state index contributed by atoms with van der Waals surface area (Å²) in [6.45, 7) is -0.137. The highest BCUT2D eigenvalue weighted by atomic mass is 16.6. The van der Waals surface area contributed by atoms with E-state index in [0.29, 0.717) is 0 Å². The lowest BCUT2D eigenvalue weighted by Gasteiger charge is -2.42. The molecule has 3 heterocycles. The zero-order chi connectivity index (χ0) is 13.1. The minimum Gasteiger partial charge on any atom is -0.390 e. The fourth-order valence-corrected chi connectivity index (χ4v) is 2.37. The Morgan fingerprint density at radius 3 is 2.83 bits per heavy atom. The zero-order valence-electron chi connectivity index (χ0n) is 9.15. The maximum Gasteiger partial charge on any atom is 0.328 e. The number of fused-ring (bicyclic) bond motifs is 4. The van der Waals surface area contributed by atoms with Crippen molar-refractivity contribution in [2.75, 3.05) is 6.61 Å². The SMILES string of the molecule is O=C1NC(=O)C(O)(O)C2OC[C@H]3O[C@H](C[C@@H]3O)N12. The summed E-state index contributed by atoms with van der Waals surface area (Å²) in [7, 11) is 0. The molecule has 9 nitrogen and oxygen atoms in total. The summed E-state index contributed by atoms with van der Waals surface area (Å²) in [5, 5.41) is 30.8. The molecule has 0 saturated carbocycles. The van der Waals surface area contributed by atoms with Gasteiger partial charge in [-0.05, 0) is 0 Å². The Balaban J connectivity index is 1.96. The number of nitrogens with one attached hydrogen (secondary N) is 1. The van der Waals surface area contributed by atoms with Gasteiger partial charge in [-0.15, -0.1) is 0 Å². The smallest absolute Gasteiger partial charge is 0.328 e. The van der Waals surface area contributed by atoms with Gasteiger partial charge in [0.05, 0.1) is 12.7 Å². The third kappa shape index (κ3) is 1.45. The molecule has 3 rings (SSSR count). The molecule has 0 aromatic heterocycles. The van der Waals surface area contributed by atoms with Gasteiger partial charge in [0.15, 0.2) is 6.23 Å². The van der Waals surface area contributed by atoms with E-state index in [9.17, 15) is 24.9 Å². The molecule has 3 amide bonds. The number of hydrogen-bond acceptors (Lipinski definition) is 7. The van der Waals surface area contributed by atoms with Crippen molar-refractivity contribution in [2.45, 2.75) is 36.9 Å². The fraction of sp³-hybridized carbons (Fsp3) is 0.778. The van der Waals surface area contributed by atoms with Gasteiger partial charge in [-0.2, -0.15) is 0 Å². The van der Waals surface area contributed by atoms with Crippen molar-refractivity contribution in [3.63, 3.8) is 0 Å². The van der Waals surface area contributed by atoms with E-state index in [2.05, 4.69) is 0 Å². The Bertz CT molecular complexity index is 412. The van der Waals surface area contributed by atoms with E-state index in [0.717, 1.165) is 4.90 Å². The van der Waals surface area contributed by atoms with E-state index in [1.807, 2.05) is 0 Å². The van der Waals surface area contributed by atoms with Crippen molar-refractivity contribution in [2.24, 2.45) is 0 Å². The molecule has 0 radical (unpaired) electrons. The largest absolute Gasteiger partial charge is 0.390 e. The maximum absolute atomic E-state index is 11.7. The standard InChI is InChI=1S/C9H12N2O7/c12-3-1-5-11-7(17-2-4(3)18-5)9(15,16)6(13)10-8(11)14/h3-5,7,12,15-16H,1-2H2,(H,10,13,14)/t3-,4+,5+,7?/m0/s1. The van der Waals surface area contributed by atoms with Gasteiger partial charge in [0.2, 0.25) is 0 Å². The molecule has 0 aromatic carbocycles. The van der Waals surface area contributed by atoms with Crippen LogP contribution in [0.15, 0.2) is 0 Å². The Hall–Kier alpha value is -1.26. The first-order valence-corrected chi connectivity index (χ1v) is 5.45. The van der Waals surface area contributed by atoms with Crippen LogP contribution in [-0.4, -0.2) is 69.2 Å². The number of imide groups is 1. The molecule has 3 saturated heterocycles. The summed E-state index contributed by atoms with van der Waals surface area (Å²) in [6.07, 6.45) is -3.72. The van der Waals surface area contributed by atoms with Gasteiger partial charge in [-0.1, -0.05) is 0 Å². The van der Waals surface area contributed by atoms with E-state index >= 15 is 0 Å². The van der Waals surface area contributed by atoms with E-state index < -0.39 is 42.4 Å². The molecule has 4 atom stereocenters. The molecular weight excluding hydrogens is 248 g/mol. The number of amides is 3. The number of hydrogen-bond donors (Lipinski definition) is 4. The number of ether oxygens (including phenoxy) is 2. The highest BCUT2D eigenvalue weighted by Crippen LogP contribution is 2.33. The Labute approximate surface area is 101 Å². The molecule has 9 heteroatoms. The Morgan fingerprint density at radius 2 is 2.11 bits per heavy atom. The molecular formula is C9H12N2O7. The Morgan fingerprint density at radius 1 is 1.39 bits per heavy atom. The summed E-state index contributed by atoms with van der Waals surface area (Å²) in [5.41, 5.74) is 0. The molecule has 3 fully saturated rings. The average Bonchev–Trinajstić information content (AvgIpc) is 2.52. The van der Waals surface area contributed by atoms with Gasteiger partial charge >= 0.3 is 6.03 Å². The lowest BCUT2D eigenvalue weighted by molar-refractivity contribution is -0.269. The molecule has 4 N–H and O–H groups in total. The third-order valence-corrected chi connectivity index (χ3v) is 3.32. The first kappa shape index (κ1) is 11.8. The summed E-state index contributed by atoms with van der Waals surface area (Å²) in [5.74, 6) is -4.08. The van der Waals surface area contributed by atoms with E-state index in [4.69, 9.17) is 9.47 Å². The van der Waals surface area contributed by atoms with Crippen LogP contribution in [0, 0.1) is 0 Å². The molecule has 1 unspecified atom stereocenters. The quantitative estimate of drug-likeness (QED) is 0.343. The monoisotopic (exact) mass is 260 g/mol. The van der Waals surface area contributed by atoms with Crippen molar-refractivity contribution in [3.05, 3.63) is 0 Å². The van der Waals surface area contributed by atoms with E-state index in [1.54, 1.807) is 5.32 Å². The van der Waals surface area contributed by atoms with Crippen molar-refractivity contribution in [1.82, 2.24) is 10.2 Å². The van der Waals surface area contributed by atoms with Crippen LogP contribution in [0.3, 0.4) is 0 Å². The van der Waals surface area contributed by atoms with Crippen LogP contribution in [0.4, 0.5) is 4.79 Å². The predicted octanol–water partition coefficient (Wildman–Crippen LogP) is -2.95. The number of aliphatic hydroxyl groups excluding tert-OH is 1. The first-order valence-electron chi connectivity index (χ1n) is 5.45. The summed E-state index contributed by atoms with van der Waals surface area (Å²) >= 11 is 0. The van der Waals surface area contributed by atoms with Crippen LogP contribution in [0.2, 0.25) is 0 Å². The fourth-order valence-electron chi connectivity index (χ4n) is 2.37. The van der Waals surface area contributed by atoms with Gasteiger partial charge in [0, 0.05) is 6.42 Å². The normalized spacial score (nSPS) is 42.3. The van der Waals surface area contributed by atoms with Gasteiger partial charge in [0.25, 0.3) is 11.7 Å². The minimum atomic E-state index is -2.84.